The van der Waals surface area contributed by atoms with Crippen molar-refractivity contribution in [3.63, 3.8) is 0 Å². The van der Waals surface area contributed by atoms with Crippen LogP contribution in [0.1, 0.15) is 5.56 Å². The Kier molecular flexibility index (Phi) is 2.91. The molecule has 0 amide bonds. The summed E-state index contributed by atoms with van der Waals surface area (Å²) in [4.78, 5) is 0. The minimum atomic E-state index is -3.82. The third-order valence-electron chi connectivity index (χ3n) is 1.16. The zero-order valence-corrected chi connectivity index (χ0v) is 7.86. The van der Waals surface area contributed by atoms with Crippen molar-refractivity contribution in [2.45, 2.75) is 0 Å². The molecule has 5 heteroatoms. The summed E-state index contributed by atoms with van der Waals surface area (Å²) in [5.41, 5.74) is 0.394. The van der Waals surface area contributed by atoms with Crippen molar-refractivity contribution in [2.75, 3.05) is 0 Å². The number of hydrogen-bond acceptors (Lipinski definition) is 2. The Morgan fingerprint density at radius 2 is 1.77 bits per heavy atom. The number of halogens is 2. The summed E-state index contributed by atoms with van der Waals surface area (Å²) in [6.45, 7) is 0. The van der Waals surface area contributed by atoms with E-state index in [0.29, 0.717) is 5.56 Å². The lowest BCUT2D eigenvalue weighted by Crippen LogP contribution is -1.81. The Hall–Kier alpha value is -1.05. The highest BCUT2D eigenvalue weighted by atomic mass is 35.7. The predicted molar refractivity (Wildman–Crippen MR) is 48.1 cm³/mol. The highest BCUT2D eigenvalue weighted by molar-refractivity contribution is 8.17. The van der Waals surface area contributed by atoms with Gasteiger partial charge in [-0.1, -0.05) is 0 Å². The molecule has 13 heavy (non-hydrogen) atoms. The van der Waals surface area contributed by atoms with Crippen LogP contribution in [0.5, 0.6) is 0 Å². The number of hydrogen-bond donors (Lipinski definition) is 0. The molecule has 0 spiro atoms. The first-order valence-electron chi connectivity index (χ1n) is 3.20. The maximum absolute atomic E-state index is 12.4. The van der Waals surface area contributed by atoms with Gasteiger partial charge in [0, 0.05) is 21.5 Å². The van der Waals surface area contributed by atoms with Crippen LogP contribution in [-0.4, -0.2) is 8.42 Å². The van der Waals surface area contributed by atoms with E-state index in [4.69, 9.17) is 10.7 Å². The van der Waals surface area contributed by atoms with Gasteiger partial charge in [-0.3, -0.25) is 0 Å². The molecular formula is C8H4ClFO2S. The summed E-state index contributed by atoms with van der Waals surface area (Å²) in [7, 11) is 1.02. The third-order valence-corrected chi connectivity index (χ3v) is 1.74. The highest BCUT2D eigenvalue weighted by Gasteiger charge is 1.95. The van der Waals surface area contributed by atoms with Crippen molar-refractivity contribution in [3.8, 4) is 11.2 Å². The Morgan fingerprint density at radius 3 is 2.23 bits per heavy atom. The molecule has 68 valence electrons. The summed E-state index contributed by atoms with van der Waals surface area (Å²) < 4.78 is 33.1. The minimum Gasteiger partial charge on any atom is -0.207 e. The van der Waals surface area contributed by atoms with Crippen LogP contribution >= 0.6 is 10.7 Å². The van der Waals surface area contributed by atoms with Gasteiger partial charge in [0.15, 0.2) is 0 Å². The van der Waals surface area contributed by atoms with E-state index in [2.05, 4.69) is 5.92 Å². The lowest BCUT2D eigenvalue weighted by Gasteiger charge is -1.87. The van der Waals surface area contributed by atoms with Crippen molar-refractivity contribution in [2.24, 2.45) is 0 Å². The molecule has 0 radical (unpaired) electrons. The largest absolute Gasteiger partial charge is 0.301 e. The van der Waals surface area contributed by atoms with Crippen molar-refractivity contribution >= 4 is 19.7 Å². The lowest BCUT2D eigenvalue weighted by molar-refractivity contribution is 0.618. The second-order valence-electron chi connectivity index (χ2n) is 2.17. The molecule has 0 aliphatic carbocycles. The topological polar surface area (TPSA) is 34.1 Å². The monoisotopic (exact) mass is 218 g/mol. The molecule has 0 saturated carbocycles. The molecular weight excluding hydrogens is 215 g/mol. The van der Waals surface area contributed by atoms with Gasteiger partial charge >= 0.3 is 9.05 Å². The summed E-state index contributed by atoms with van der Waals surface area (Å²) >= 11 is 0. The van der Waals surface area contributed by atoms with E-state index >= 15 is 0 Å². The Labute approximate surface area is 79.8 Å². The van der Waals surface area contributed by atoms with Crippen LogP contribution in [-0.2, 0) is 9.05 Å². The first kappa shape index (κ1) is 10.0. The van der Waals surface area contributed by atoms with Crippen LogP contribution in [0.3, 0.4) is 0 Å². The van der Waals surface area contributed by atoms with Gasteiger partial charge in [-0.15, -0.1) is 0 Å². The van der Waals surface area contributed by atoms with Crippen molar-refractivity contribution in [1.29, 1.82) is 0 Å². The van der Waals surface area contributed by atoms with Crippen LogP contribution in [0, 0.1) is 17.0 Å². The molecule has 0 heterocycles. The van der Waals surface area contributed by atoms with Crippen molar-refractivity contribution in [1.82, 2.24) is 0 Å². The van der Waals surface area contributed by atoms with Crippen molar-refractivity contribution in [3.05, 3.63) is 35.6 Å². The van der Waals surface area contributed by atoms with E-state index < -0.39 is 14.9 Å². The zero-order valence-electron chi connectivity index (χ0n) is 6.29. The predicted octanol–water partition coefficient (Wildman–Crippen LogP) is 1.70. The first-order chi connectivity index (χ1) is 5.97. The minimum absolute atomic E-state index is 0.394. The maximum Gasteiger partial charge on any atom is 0.301 e. The standard InChI is InChI=1S/C8H4ClFO2S/c9-13(11,12)6-5-7-1-3-8(10)4-2-7/h1-4H. The smallest absolute Gasteiger partial charge is 0.207 e. The molecule has 1 aromatic carbocycles. The van der Waals surface area contributed by atoms with Gasteiger partial charge in [0.05, 0.1) is 0 Å². The fourth-order valence-electron chi connectivity index (χ4n) is 0.653. The second-order valence-corrected chi connectivity index (χ2v) is 4.47. The maximum atomic E-state index is 12.4. The molecule has 1 rings (SSSR count). The first-order valence-corrected chi connectivity index (χ1v) is 5.51. The fourth-order valence-corrected chi connectivity index (χ4v) is 1.01. The molecule has 0 fully saturated rings. The van der Waals surface area contributed by atoms with E-state index in [9.17, 15) is 12.8 Å². The van der Waals surface area contributed by atoms with E-state index in [1.165, 1.54) is 24.3 Å². The molecule has 0 aliphatic rings. The number of benzene rings is 1. The third kappa shape index (κ3) is 3.92. The van der Waals surface area contributed by atoms with Gasteiger partial charge in [-0.05, 0) is 30.2 Å². The molecule has 2 nitrogen and oxygen atoms in total. The molecule has 0 aromatic heterocycles. The van der Waals surface area contributed by atoms with Gasteiger partial charge in [0.25, 0.3) is 0 Å². The van der Waals surface area contributed by atoms with E-state index in [-0.39, 0.29) is 0 Å². The molecule has 0 unspecified atom stereocenters. The summed E-state index contributed by atoms with van der Waals surface area (Å²) in [6.07, 6.45) is 0. The fraction of sp³-hybridized carbons (Fsp3) is 0. The second kappa shape index (κ2) is 3.77. The summed E-state index contributed by atoms with van der Waals surface area (Å²) in [5, 5.41) is 1.82. The van der Waals surface area contributed by atoms with E-state index in [0.717, 1.165) is 0 Å². The molecule has 0 aliphatic heterocycles. The van der Waals surface area contributed by atoms with Crippen LogP contribution in [0.25, 0.3) is 0 Å². The van der Waals surface area contributed by atoms with Gasteiger partial charge in [0.2, 0.25) is 0 Å². The Balaban J connectivity index is 2.98. The van der Waals surface area contributed by atoms with Gasteiger partial charge in [-0.25, -0.2) is 4.39 Å². The average Bonchev–Trinajstić information content (AvgIpc) is 2.02. The van der Waals surface area contributed by atoms with E-state index in [1.807, 2.05) is 5.25 Å². The molecule has 0 saturated heterocycles. The van der Waals surface area contributed by atoms with Gasteiger partial charge < -0.3 is 0 Å². The zero-order chi connectivity index (χ0) is 9.90. The quantitative estimate of drug-likeness (QED) is 0.491. The summed E-state index contributed by atoms with van der Waals surface area (Å²) in [6, 6.07) is 5.10. The molecule has 1 aromatic rings. The average molecular weight is 219 g/mol. The number of rotatable bonds is 0. The molecule has 0 atom stereocenters. The highest BCUT2D eigenvalue weighted by Crippen LogP contribution is 2.01. The van der Waals surface area contributed by atoms with Gasteiger partial charge in [0.1, 0.15) is 5.82 Å². The van der Waals surface area contributed by atoms with Crippen LogP contribution in [0.4, 0.5) is 4.39 Å². The SMILES string of the molecule is O=S(=O)(Cl)C#Cc1ccc(F)cc1. The molecule has 0 N–H and O–H groups in total. The summed E-state index contributed by atoms with van der Waals surface area (Å²) in [5.74, 6) is 1.87. The van der Waals surface area contributed by atoms with Crippen LogP contribution in [0.2, 0.25) is 0 Å². The molecule has 0 bridgehead atoms. The Bertz CT molecular complexity index is 453. The Morgan fingerprint density at radius 1 is 1.23 bits per heavy atom. The van der Waals surface area contributed by atoms with E-state index in [1.54, 1.807) is 0 Å². The normalized spacial score (nSPS) is 10.3. The lowest BCUT2D eigenvalue weighted by atomic mass is 10.2. The van der Waals surface area contributed by atoms with Gasteiger partial charge in [-0.2, -0.15) is 8.42 Å². The van der Waals surface area contributed by atoms with Crippen LogP contribution in [0.15, 0.2) is 24.3 Å². The van der Waals surface area contributed by atoms with Crippen LogP contribution < -0.4 is 0 Å². The van der Waals surface area contributed by atoms with Crippen molar-refractivity contribution < 1.29 is 12.8 Å².